The van der Waals surface area contributed by atoms with Crippen LogP contribution in [0.5, 0.6) is 0 Å². The zero-order chi connectivity index (χ0) is 15.2. The van der Waals surface area contributed by atoms with Gasteiger partial charge in [-0.25, -0.2) is 0 Å². The first-order valence-corrected chi connectivity index (χ1v) is 8.14. The maximum absolute atomic E-state index is 11.5. The lowest BCUT2D eigenvalue weighted by Crippen LogP contribution is -2.50. The van der Waals surface area contributed by atoms with Crippen molar-refractivity contribution in [3.63, 3.8) is 0 Å². The van der Waals surface area contributed by atoms with Gasteiger partial charge in [-0.15, -0.1) is 0 Å². The monoisotopic (exact) mass is 284 g/mol. The predicted octanol–water partition coefficient (Wildman–Crippen LogP) is 2.73. The third-order valence-electron chi connectivity index (χ3n) is 4.44. The third kappa shape index (κ3) is 5.80. The van der Waals surface area contributed by atoms with Crippen molar-refractivity contribution in [2.45, 2.75) is 71.4 Å². The van der Waals surface area contributed by atoms with Gasteiger partial charge in [-0.05, 0) is 51.6 Å². The first-order chi connectivity index (χ1) is 9.41. The van der Waals surface area contributed by atoms with Crippen LogP contribution in [-0.4, -0.2) is 47.2 Å². The summed E-state index contributed by atoms with van der Waals surface area (Å²) in [5.41, 5.74) is -0.753. The Kier molecular flexibility index (Phi) is 6.96. The molecular formula is C16H32N2O2. The maximum Gasteiger partial charge on any atom is 0.323 e. The van der Waals surface area contributed by atoms with Gasteiger partial charge in [-0.1, -0.05) is 27.2 Å². The molecule has 0 aliphatic heterocycles. The van der Waals surface area contributed by atoms with E-state index in [0.717, 1.165) is 38.9 Å². The average Bonchev–Trinajstić information content (AvgIpc) is 3.20. The highest BCUT2D eigenvalue weighted by atomic mass is 16.4. The molecule has 4 heteroatoms. The van der Waals surface area contributed by atoms with E-state index in [4.69, 9.17) is 0 Å². The highest BCUT2D eigenvalue weighted by Crippen LogP contribution is 2.25. The third-order valence-corrected chi connectivity index (χ3v) is 4.44. The molecule has 1 aliphatic carbocycles. The molecule has 0 aromatic heterocycles. The van der Waals surface area contributed by atoms with Gasteiger partial charge in [0.1, 0.15) is 5.54 Å². The molecule has 118 valence electrons. The zero-order valence-electron chi connectivity index (χ0n) is 13.6. The molecule has 0 saturated heterocycles. The van der Waals surface area contributed by atoms with Crippen LogP contribution >= 0.6 is 0 Å². The van der Waals surface area contributed by atoms with E-state index in [1.807, 2.05) is 6.92 Å². The lowest BCUT2D eigenvalue weighted by molar-refractivity contribution is -0.144. The van der Waals surface area contributed by atoms with Crippen molar-refractivity contribution in [2.24, 2.45) is 5.92 Å². The van der Waals surface area contributed by atoms with Gasteiger partial charge in [0.15, 0.2) is 0 Å². The summed E-state index contributed by atoms with van der Waals surface area (Å²) in [6.45, 7) is 11.7. The van der Waals surface area contributed by atoms with Gasteiger partial charge in [0.2, 0.25) is 0 Å². The minimum atomic E-state index is -0.753. The Balaban J connectivity index is 2.36. The first kappa shape index (κ1) is 17.4. The molecule has 0 spiro atoms. The highest BCUT2D eigenvalue weighted by Gasteiger charge is 2.37. The number of rotatable bonds is 11. The molecule has 0 radical (unpaired) electrons. The Morgan fingerprint density at radius 3 is 2.55 bits per heavy atom. The van der Waals surface area contributed by atoms with Crippen LogP contribution in [0.1, 0.15) is 59.8 Å². The lowest BCUT2D eigenvalue weighted by Gasteiger charge is -2.29. The highest BCUT2D eigenvalue weighted by molar-refractivity contribution is 5.78. The van der Waals surface area contributed by atoms with Crippen molar-refractivity contribution in [3.05, 3.63) is 0 Å². The van der Waals surface area contributed by atoms with Gasteiger partial charge in [0.05, 0.1) is 0 Å². The van der Waals surface area contributed by atoms with Gasteiger partial charge in [0, 0.05) is 12.6 Å². The summed E-state index contributed by atoms with van der Waals surface area (Å²) in [6, 6.07) is 0.429. The number of aliphatic carboxylic acids is 1. The fraction of sp³-hybridized carbons (Fsp3) is 0.938. The zero-order valence-corrected chi connectivity index (χ0v) is 13.6. The number of carboxylic acids is 1. The van der Waals surface area contributed by atoms with E-state index >= 15 is 0 Å². The first-order valence-electron chi connectivity index (χ1n) is 8.14. The predicted molar refractivity (Wildman–Crippen MR) is 83.0 cm³/mol. The molecular weight excluding hydrogens is 252 g/mol. The van der Waals surface area contributed by atoms with Crippen molar-refractivity contribution in [3.8, 4) is 0 Å². The van der Waals surface area contributed by atoms with Crippen molar-refractivity contribution in [1.29, 1.82) is 0 Å². The second-order valence-electron chi connectivity index (χ2n) is 6.57. The molecule has 0 aromatic carbocycles. The molecule has 4 nitrogen and oxygen atoms in total. The van der Waals surface area contributed by atoms with E-state index in [2.05, 4.69) is 31.0 Å². The topological polar surface area (TPSA) is 52.6 Å². The molecule has 0 heterocycles. The summed E-state index contributed by atoms with van der Waals surface area (Å²) < 4.78 is 0. The van der Waals surface area contributed by atoms with Gasteiger partial charge in [0.25, 0.3) is 0 Å². The average molecular weight is 284 g/mol. The lowest BCUT2D eigenvalue weighted by atomic mass is 9.95. The molecule has 0 aromatic rings. The van der Waals surface area contributed by atoms with Gasteiger partial charge in [-0.3, -0.25) is 10.1 Å². The summed E-state index contributed by atoms with van der Waals surface area (Å²) >= 11 is 0. The van der Waals surface area contributed by atoms with Crippen LogP contribution in [0.2, 0.25) is 0 Å². The number of carbonyl (C=O) groups is 1. The molecule has 0 amide bonds. The number of hydrogen-bond donors (Lipinski definition) is 2. The molecule has 1 saturated carbocycles. The molecule has 20 heavy (non-hydrogen) atoms. The van der Waals surface area contributed by atoms with E-state index in [0.29, 0.717) is 18.4 Å². The smallest absolute Gasteiger partial charge is 0.323 e. The van der Waals surface area contributed by atoms with Crippen LogP contribution in [0.15, 0.2) is 0 Å². The van der Waals surface area contributed by atoms with Crippen LogP contribution in [0.25, 0.3) is 0 Å². The van der Waals surface area contributed by atoms with Crippen LogP contribution < -0.4 is 5.32 Å². The maximum atomic E-state index is 11.5. The van der Waals surface area contributed by atoms with Crippen LogP contribution in [0.4, 0.5) is 0 Å². The van der Waals surface area contributed by atoms with Gasteiger partial charge < -0.3 is 10.0 Å². The van der Waals surface area contributed by atoms with Crippen molar-refractivity contribution in [2.75, 3.05) is 19.6 Å². The Bertz CT molecular complexity index is 305. The van der Waals surface area contributed by atoms with Crippen molar-refractivity contribution < 1.29 is 9.90 Å². The molecule has 1 fully saturated rings. The molecule has 2 N–H and O–H groups in total. The van der Waals surface area contributed by atoms with Crippen molar-refractivity contribution >= 4 is 5.97 Å². The van der Waals surface area contributed by atoms with Crippen LogP contribution in [0, 0.1) is 5.92 Å². The Morgan fingerprint density at radius 2 is 2.10 bits per heavy atom. The van der Waals surface area contributed by atoms with Crippen LogP contribution in [0.3, 0.4) is 0 Å². The molecule has 1 rings (SSSR count). The molecule has 2 unspecified atom stereocenters. The SMILES string of the molecule is CCC(C)CN(CC)CCCC(C)(NC1CC1)C(=O)O. The standard InChI is InChI=1S/C16H32N2O2/c1-5-13(3)12-18(6-2)11-7-10-16(4,15(19)20)17-14-8-9-14/h13-14,17H,5-12H2,1-4H3,(H,19,20). The Morgan fingerprint density at radius 1 is 1.45 bits per heavy atom. The quantitative estimate of drug-likeness (QED) is 0.612. The van der Waals surface area contributed by atoms with E-state index in [9.17, 15) is 9.90 Å². The van der Waals surface area contributed by atoms with E-state index in [-0.39, 0.29) is 0 Å². The minimum absolute atomic E-state index is 0.429. The summed E-state index contributed by atoms with van der Waals surface area (Å²) in [5, 5.41) is 12.7. The largest absolute Gasteiger partial charge is 0.480 e. The Labute approximate surface area is 123 Å². The van der Waals surface area contributed by atoms with Crippen LogP contribution in [-0.2, 0) is 4.79 Å². The number of carboxylic acid groups (broad SMARTS) is 1. The summed E-state index contributed by atoms with van der Waals surface area (Å²) in [4.78, 5) is 13.9. The van der Waals surface area contributed by atoms with E-state index < -0.39 is 11.5 Å². The van der Waals surface area contributed by atoms with Gasteiger partial charge >= 0.3 is 5.97 Å². The summed E-state index contributed by atoms with van der Waals surface area (Å²) in [6.07, 6.45) is 5.09. The number of nitrogens with zero attached hydrogens (tertiary/aromatic N) is 1. The second kappa shape index (κ2) is 7.99. The normalized spacial score (nSPS) is 19.9. The summed E-state index contributed by atoms with van der Waals surface area (Å²) in [5.74, 6) is -0.000212. The number of nitrogens with one attached hydrogen (secondary N) is 1. The Hall–Kier alpha value is -0.610. The molecule has 0 bridgehead atoms. The fourth-order valence-corrected chi connectivity index (χ4v) is 2.52. The van der Waals surface area contributed by atoms with E-state index in [1.165, 1.54) is 6.42 Å². The number of hydrogen-bond acceptors (Lipinski definition) is 3. The molecule has 1 aliphatic rings. The van der Waals surface area contributed by atoms with E-state index in [1.54, 1.807) is 0 Å². The second-order valence-corrected chi connectivity index (χ2v) is 6.57. The van der Waals surface area contributed by atoms with Gasteiger partial charge in [-0.2, -0.15) is 0 Å². The summed E-state index contributed by atoms with van der Waals surface area (Å²) in [7, 11) is 0. The fourth-order valence-electron chi connectivity index (χ4n) is 2.52. The molecule has 2 atom stereocenters. The minimum Gasteiger partial charge on any atom is -0.480 e. The van der Waals surface area contributed by atoms with Crippen molar-refractivity contribution in [1.82, 2.24) is 10.2 Å².